The van der Waals surface area contributed by atoms with Crippen LogP contribution in [0.3, 0.4) is 0 Å². The van der Waals surface area contributed by atoms with Gasteiger partial charge in [-0.25, -0.2) is 5.10 Å². The van der Waals surface area contributed by atoms with E-state index in [0.717, 1.165) is 4.90 Å². The zero-order valence-electron chi connectivity index (χ0n) is 13.8. The van der Waals surface area contributed by atoms with Crippen molar-refractivity contribution in [3.05, 3.63) is 58.0 Å². The molecule has 1 aliphatic heterocycles. The van der Waals surface area contributed by atoms with Gasteiger partial charge in [-0.1, -0.05) is 0 Å². The molecular weight excluding hydrogens is 340 g/mol. The summed E-state index contributed by atoms with van der Waals surface area (Å²) in [6.07, 6.45) is 1.99. The van der Waals surface area contributed by atoms with Crippen LogP contribution in [0.25, 0.3) is 0 Å². The van der Waals surface area contributed by atoms with E-state index in [2.05, 4.69) is 10.2 Å². The number of thioether (sulfide) groups is 1. The Morgan fingerprint density at radius 1 is 0.960 bits per heavy atom. The van der Waals surface area contributed by atoms with Gasteiger partial charge in [0.05, 0.1) is 0 Å². The Labute approximate surface area is 149 Å². The molecule has 1 aromatic heterocycles. The van der Waals surface area contributed by atoms with Gasteiger partial charge in [-0.05, 0) is 36.6 Å². The van der Waals surface area contributed by atoms with Crippen molar-refractivity contribution in [3.8, 4) is 0 Å². The van der Waals surface area contributed by atoms with Crippen molar-refractivity contribution in [1.82, 2.24) is 20.0 Å². The van der Waals surface area contributed by atoms with Gasteiger partial charge in [-0.15, -0.1) is 11.8 Å². The van der Waals surface area contributed by atoms with E-state index in [1.165, 1.54) is 12.1 Å². The van der Waals surface area contributed by atoms with Crippen molar-refractivity contribution >= 4 is 23.6 Å². The number of nitrogens with one attached hydrogen (secondary N) is 1. The first kappa shape index (κ1) is 17.2. The Balaban J connectivity index is 1.60. The van der Waals surface area contributed by atoms with Gasteiger partial charge in [0.25, 0.3) is 17.4 Å². The Hall–Kier alpha value is -2.61. The smallest absolute Gasteiger partial charge is 0.274 e. The topological polar surface area (TPSA) is 86.4 Å². The number of aromatic amines is 1. The molecule has 0 unspecified atom stereocenters. The molecular formula is C17H18N4O3S. The summed E-state index contributed by atoms with van der Waals surface area (Å²) in [7, 11) is 0. The molecule has 0 atom stereocenters. The molecule has 1 saturated heterocycles. The number of piperazine rings is 1. The van der Waals surface area contributed by atoms with Crippen LogP contribution in [0.4, 0.5) is 0 Å². The lowest BCUT2D eigenvalue weighted by atomic mass is 10.2. The number of benzene rings is 1. The molecule has 0 radical (unpaired) electrons. The van der Waals surface area contributed by atoms with E-state index in [1.807, 2.05) is 30.5 Å². The van der Waals surface area contributed by atoms with Crippen molar-refractivity contribution in [2.24, 2.45) is 0 Å². The second-order valence-electron chi connectivity index (χ2n) is 5.62. The molecule has 8 heteroatoms. The third kappa shape index (κ3) is 3.90. The summed E-state index contributed by atoms with van der Waals surface area (Å²) in [4.78, 5) is 40.4. The van der Waals surface area contributed by atoms with Crippen LogP contribution < -0.4 is 5.56 Å². The van der Waals surface area contributed by atoms with Gasteiger partial charge < -0.3 is 9.80 Å². The Morgan fingerprint density at radius 3 is 2.08 bits per heavy atom. The lowest BCUT2D eigenvalue weighted by Crippen LogP contribution is -2.50. The average Bonchev–Trinajstić information content (AvgIpc) is 2.67. The van der Waals surface area contributed by atoms with Gasteiger partial charge in [0.1, 0.15) is 5.69 Å². The molecule has 0 saturated carbocycles. The lowest BCUT2D eigenvalue weighted by Gasteiger charge is -2.34. The fraction of sp³-hybridized carbons (Fsp3) is 0.294. The van der Waals surface area contributed by atoms with Crippen LogP contribution in [0, 0.1) is 0 Å². The molecule has 1 N–H and O–H groups in total. The fourth-order valence-electron chi connectivity index (χ4n) is 2.65. The third-order valence-corrected chi connectivity index (χ3v) is 4.83. The summed E-state index contributed by atoms with van der Waals surface area (Å²) < 4.78 is 0. The SMILES string of the molecule is CSc1ccc(C(=O)N2CCN(C(=O)c3ccc(=O)[nH]n3)CC2)cc1. The van der Waals surface area contributed by atoms with Gasteiger partial charge in [0, 0.05) is 42.7 Å². The number of carbonyl (C=O) groups excluding carboxylic acids is 2. The maximum absolute atomic E-state index is 12.5. The first-order valence-corrected chi connectivity index (χ1v) is 9.09. The van der Waals surface area contributed by atoms with Crippen molar-refractivity contribution in [2.45, 2.75) is 4.90 Å². The van der Waals surface area contributed by atoms with Gasteiger partial charge in [-0.2, -0.15) is 5.10 Å². The van der Waals surface area contributed by atoms with Gasteiger partial charge in [-0.3, -0.25) is 14.4 Å². The van der Waals surface area contributed by atoms with Gasteiger partial charge >= 0.3 is 0 Å². The molecule has 0 bridgehead atoms. The number of nitrogens with zero attached hydrogens (tertiary/aromatic N) is 3. The standard InChI is InChI=1S/C17H18N4O3S/c1-25-13-4-2-12(3-5-13)16(23)20-8-10-21(11-9-20)17(24)14-6-7-15(22)19-18-14/h2-7H,8-11H2,1H3,(H,19,22). The molecule has 7 nitrogen and oxygen atoms in total. The molecule has 1 aliphatic rings. The van der Waals surface area contributed by atoms with E-state index in [-0.39, 0.29) is 23.1 Å². The van der Waals surface area contributed by atoms with E-state index in [9.17, 15) is 14.4 Å². The normalized spacial score (nSPS) is 14.4. The number of hydrogen-bond acceptors (Lipinski definition) is 5. The largest absolute Gasteiger partial charge is 0.335 e. The van der Waals surface area contributed by atoms with Crippen LogP contribution in [0.15, 0.2) is 46.1 Å². The van der Waals surface area contributed by atoms with E-state index in [0.29, 0.717) is 31.7 Å². The second-order valence-corrected chi connectivity index (χ2v) is 6.50. The minimum Gasteiger partial charge on any atom is -0.335 e. The summed E-state index contributed by atoms with van der Waals surface area (Å²) in [5.41, 5.74) is 0.506. The molecule has 25 heavy (non-hydrogen) atoms. The first-order chi connectivity index (χ1) is 12.1. The van der Waals surface area contributed by atoms with E-state index >= 15 is 0 Å². The highest BCUT2D eigenvalue weighted by molar-refractivity contribution is 7.98. The number of H-pyrrole nitrogens is 1. The predicted molar refractivity (Wildman–Crippen MR) is 94.9 cm³/mol. The quantitative estimate of drug-likeness (QED) is 0.830. The van der Waals surface area contributed by atoms with Gasteiger partial charge in [0.2, 0.25) is 0 Å². The molecule has 1 aromatic carbocycles. The molecule has 0 aliphatic carbocycles. The summed E-state index contributed by atoms with van der Waals surface area (Å²) in [6, 6.07) is 10.2. The molecule has 2 heterocycles. The zero-order chi connectivity index (χ0) is 17.8. The minimum atomic E-state index is -0.348. The number of amides is 2. The molecule has 2 aromatic rings. The first-order valence-electron chi connectivity index (χ1n) is 7.87. The number of rotatable bonds is 3. The van der Waals surface area contributed by atoms with Crippen molar-refractivity contribution in [3.63, 3.8) is 0 Å². The second kappa shape index (κ2) is 7.52. The molecule has 0 spiro atoms. The highest BCUT2D eigenvalue weighted by Crippen LogP contribution is 2.17. The van der Waals surface area contributed by atoms with Crippen LogP contribution in [0.1, 0.15) is 20.8 Å². The molecule has 130 valence electrons. The van der Waals surface area contributed by atoms with Crippen LogP contribution >= 0.6 is 11.8 Å². The highest BCUT2D eigenvalue weighted by Gasteiger charge is 2.26. The van der Waals surface area contributed by atoms with Crippen LogP contribution in [0.5, 0.6) is 0 Å². The van der Waals surface area contributed by atoms with Crippen LogP contribution in [-0.4, -0.2) is 64.2 Å². The number of hydrogen-bond donors (Lipinski definition) is 1. The number of carbonyl (C=O) groups is 2. The molecule has 1 fully saturated rings. The van der Waals surface area contributed by atoms with E-state index in [4.69, 9.17) is 0 Å². The van der Waals surface area contributed by atoms with Crippen LogP contribution in [0.2, 0.25) is 0 Å². The fourth-order valence-corrected chi connectivity index (χ4v) is 3.06. The predicted octanol–water partition coefficient (Wildman–Crippen LogP) is 1.09. The highest BCUT2D eigenvalue weighted by atomic mass is 32.2. The zero-order valence-corrected chi connectivity index (χ0v) is 14.6. The lowest BCUT2D eigenvalue weighted by molar-refractivity contribution is 0.0531. The summed E-state index contributed by atoms with van der Waals surface area (Å²) in [5, 5.41) is 6.02. The number of aromatic nitrogens is 2. The summed E-state index contributed by atoms with van der Waals surface area (Å²) in [6.45, 7) is 1.82. The van der Waals surface area contributed by atoms with Crippen molar-refractivity contribution < 1.29 is 9.59 Å². The van der Waals surface area contributed by atoms with E-state index < -0.39 is 0 Å². The monoisotopic (exact) mass is 358 g/mol. The van der Waals surface area contributed by atoms with Crippen LogP contribution in [-0.2, 0) is 0 Å². The summed E-state index contributed by atoms with van der Waals surface area (Å²) in [5.74, 6) is -0.269. The van der Waals surface area contributed by atoms with E-state index in [1.54, 1.807) is 21.6 Å². The van der Waals surface area contributed by atoms with Gasteiger partial charge in [0.15, 0.2) is 0 Å². The Morgan fingerprint density at radius 2 is 1.56 bits per heavy atom. The Kier molecular flexibility index (Phi) is 5.18. The minimum absolute atomic E-state index is 0.0260. The van der Waals surface area contributed by atoms with Crippen molar-refractivity contribution in [1.29, 1.82) is 0 Å². The Bertz CT molecular complexity index is 806. The summed E-state index contributed by atoms with van der Waals surface area (Å²) >= 11 is 1.63. The van der Waals surface area contributed by atoms with Crippen molar-refractivity contribution in [2.75, 3.05) is 32.4 Å². The molecule has 3 rings (SSSR count). The average molecular weight is 358 g/mol. The molecule has 2 amide bonds. The maximum Gasteiger partial charge on any atom is 0.274 e. The third-order valence-electron chi connectivity index (χ3n) is 4.09. The maximum atomic E-state index is 12.5.